The molecule has 10 heteroatoms. The van der Waals surface area contributed by atoms with Gasteiger partial charge in [-0.3, -0.25) is 0 Å². The molecule has 0 radical (unpaired) electrons. The van der Waals surface area contributed by atoms with E-state index in [0.29, 0.717) is 24.6 Å². The van der Waals surface area contributed by atoms with E-state index in [4.69, 9.17) is 9.26 Å². The SMILES string of the molecule is CC(C)c1noc(COC(=O)c2cc(S(=O)(=O)N3CCCCC3)ccc2N2CCCC2)n1. The molecule has 2 aliphatic rings. The van der Waals surface area contributed by atoms with E-state index in [-0.39, 0.29) is 28.9 Å². The summed E-state index contributed by atoms with van der Waals surface area (Å²) in [6.45, 7) is 6.37. The maximum absolute atomic E-state index is 13.2. The number of carbonyl (C=O) groups is 1. The Morgan fingerprint density at radius 2 is 1.78 bits per heavy atom. The van der Waals surface area contributed by atoms with Crippen molar-refractivity contribution < 1.29 is 22.5 Å². The number of esters is 1. The zero-order valence-electron chi connectivity index (χ0n) is 18.6. The molecule has 0 N–H and O–H groups in total. The topological polar surface area (TPSA) is 106 Å². The van der Waals surface area contributed by atoms with Gasteiger partial charge < -0.3 is 14.2 Å². The van der Waals surface area contributed by atoms with Gasteiger partial charge in [-0.15, -0.1) is 0 Å². The Kier molecular flexibility index (Phi) is 6.80. The standard InChI is InChI=1S/C22H30N4O5S/c1-16(2)21-23-20(31-24-21)15-30-22(27)18-14-17(8-9-19(18)25-10-6-7-11-25)32(28,29)26-12-4-3-5-13-26/h8-9,14,16H,3-7,10-13,15H2,1-2H3. The first kappa shape index (κ1) is 22.7. The molecule has 1 aromatic carbocycles. The van der Waals surface area contributed by atoms with Gasteiger partial charge in [0.05, 0.1) is 16.1 Å². The van der Waals surface area contributed by atoms with E-state index in [1.807, 2.05) is 13.8 Å². The zero-order valence-corrected chi connectivity index (χ0v) is 19.4. The minimum atomic E-state index is -3.67. The van der Waals surface area contributed by atoms with Crippen molar-refractivity contribution in [1.82, 2.24) is 14.4 Å². The van der Waals surface area contributed by atoms with Crippen LogP contribution in [0.15, 0.2) is 27.6 Å². The molecule has 1 aromatic heterocycles. The van der Waals surface area contributed by atoms with E-state index in [1.165, 1.54) is 10.4 Å². The third-order valence-corrected chi connectivity index (χ3v) is 7.81. The molecule has 4 rings (SSSR count). The molecular weight excluding hydrogens is 432 g/mol. The van der Waals surface area contributed by atoms with Crippen LogP contribution in [-0.2, 0) is 21.4 Å². The Morgan fingerprint density at radius 1 is 1.09 bits per heavy atom. The molecular formula is C22H30N4O5S. The van der Waals surface area contributed by atoms with E-state index in [9.17, 15) is 13.2 Å². The average molecular weight is 463 g/mol. The summed E-state index contributed by atoms with van der Waals surface area (Å²) in [5.74, 6) is 0.249. The van der Waals surface area contributed by atoms with Gasteiger partial charge >= 0.3 is 5.97 Å². The Balaban J connectivity index is 1.59. The van der Waals surface area contributed by atoms with Crippen molar-refractivity contribution in [2.24, 2.45) is 0 Å². The highest BCUT2D eigenvalue weighted by molar-refractivity contribution is 7.89. The highest BCUT2D eigenvalue weighted by atomic mass is 32.2. The van der Waals surface area contributed by atoms with Crippen LogP contribution in [0, 0.1) is 0 Å². The minimum absolute atomic E-state index is 0.0987. The fourth-order valence-electron chi connectivity index (χ4n) is 4.09. The fraction of sp³-hybridized carbons (Fsp3) is 0.591. The van der Waals surface area contributed by atoms with Gasteiger partial charge in [0, 0.05) is 32.1 Å². The monoisotopic (exact) mass is 462 g/mol. The Morgan fingerprint density at radius 3 is 2.44 bits per heavy atom. The maximum atomic E-state index is 13.2. The van der Waals surface area contributed by atoms with Crippen LogP contribution in [0.4, 0.5) is 5.69 Å². The molecule has 0 amide bonds. The second kappa shape index (κ2) is 9.58. The summed E-state index contributed by atoms with van der Waals surface area (Å²) in [6, 6.07) is 4.77. The molecule has 2 aromatic rings. The summed E-state index contributed by atoms with van der Waals surface area (Å²) in [7, 11) is -3.67. The number of rotatable bonds is 7. The molecule has 0 atom stereocenters. The Hall–Kier alpha value is -2.46. The van der Waals surface area contributed by atoms with E-state index < -0.39 is 16.0 Å². The number of nitrogens with zero attached hydrogens (tertiary/aromatic N) is 4. The lowest BCUT2D eigenvalue weighted by Gasteiger charge is -2.27. The van der Waals surface area contributed by atoms with Crippen molar-refractivity contribution in [2.75, 3.05) is 31.1 Å². The fourth-order valence-corrected chi connectivity index (χ4v) is 5.64. The zero-order chi connectivity index (χ0) is 22.7. The largest absolute Gasteiger partial charge is 0.452 e. The van der Waals surface area contributed by atoms with Crippen molar-refractivity contribution in [3.05, 3.63) is 35.5 Å². The molecule has 0 bridgehead atoms. The molecule has 0 aliphatic carbocycles. The first-order valence-electron chi connectivity index (χ1n) is 11.2. The van der Waals surface area contributed by atoms with Crippen LogP contribution in [0.1, 0.15) is 73.9 Å². The molecule has 9 nitrogen and oxygen atoms in total. The second-order valence-corrected chi connectivity index (χ2v) is 10.6. The van der Waals surface area contributed by atoms with Gasteiger partial charge in [0.2, 0.25) is 10.0 Å². The van der Waals surface area contributed by atoms with Gasteiger partial charge in [-0.05, 0) is 43.9 Å². The van der Waals surface area contributed by atoms with Gasteiger partial charge in [-0.1, -0.05) is 25.4 Å². The minimum Gasteiger partial charge on any atom is -0.452 e. The highest BCUT2D eigenvalue weighted by Gasteiger charge is 2.29. The first-order chi connectivity index (χ1) is 15.4. The summed E-state index contributed by atoms with van der Waals surface area (Å²) in [4.78, 5) is 19.5. The molecule has 3 heterocycles. The molecule has 32 heavy (non-hydrogen) atoms. The average Bonchev–Trinajstić information content (AvgIpc) is 3.50. The van der Waals surface area contributed by atoms with E-state index in [1.54, 1.807) is 12.1 Å². The summed E-state index contributed by atoms with van der Waals surface area (Å²) in [5, 5.41) is 3.87. The molecule has 2 aliphatic heterocycles. The number of carbonyl (C=O) groups excluding carboxylic acids is 1. The smallest absolute Gasteiger partial charge is 0.340 e. The predicted molar refractivity (Wildman–Crippen MR) is 118 cm³/mol. The lowest BCUT2D eigenvalue weighted by Crippen LogP contribution is -2.35. The number of aromatic nitrogens is 2. The van der Waals surface area contributed by atoms with Gasteiger partial charge in [-0.25, -0.2) is 13.2 Å². The third-order valence-electron chi connectivity index (χ3n) is 5.91. The van der Waals surface area contributed by atoms with Gasteiger partial charge in [0.15, 0.2) is 12.4 Å². The third kappa shape index (κ3) is 4.80. The van der Waals surface area contributed by atoms with Crippen LogP contribution in [0.3, 0.4) is 0 Å². The molecule has 174 valence electrons. The first-order valence-corrected chi connectivity index (χ1v) is 12.7. The summed E-state index contributed by atoms with van der Waals surface area (Å²) < 4.78 is 38.4. The lowest BCUT2D eigenvalue weighted by molar-refractivity contribution is 0.0430. The van der Waals surface area contributed by atoms with Crippen LogP contribution in [0.5, 0.6) is 0 Å². The van der Waals surface area contributed by atoms with Gasteiger partial charge in [0.1, 0.15) is 0 Å². The normalized spacial score (nSPS) is 17.8. The summed E-state index contributed by atoms with van der Waals surface area (Å²) in [6.07, 6.45) is 4.79. The van der Waals surface area contributed by atoms with Crippen LogP contribution in [-0.4, -0.2) is 55.0 Å². The second-order valence-electron chi connectivity index (χ2n) is 8.62. The van der Waals surface area contributed by atoms with Crippen molar-refractivity contribution in [3.63, 3.8) is 0 Å². The maximum Gasteiger partial charge on any atom is 0.340 e. The number of sulfonamides is 1. The van der Waals surface area contributed by atoms with Crippen LogP contribution in [0.2, 0.25) is 0 Å². The number of ether oxygens (including phenoxy) is 1. The van der Waals surface area contributed by atoms with Crippen molar-refractivity contribution in [2.45, 2.75) is 63.4 Å². The number of anilines is 1. The molecule has 0 unspecified atom stereocenters. The summed E-state index contributed by atoms with van der Waals surface area (Å²) >= 11 is 0. The predicted octanol–water partition coefficient (Wildman–Crippen LogP) is 3.32. The molecule has 2 saturated heterocycles. The number of benzene rings is 1. The Bertz CT molecular complexity index is 1050. The van der Waals surface area contributed by atoms with E-state index in [2.05, 4.69) is 15.0 Å². The van der Waals surface area contributed by atoms with Crippen LogP contribution >= 0.6 is 0 Å². The van der Waals surface area contributed by atoms with E-state index >= 15 is 0 Å². The van der Waals surface area contributed by atoms with Gasteiger partial charge in [0.25, 0.3) is 5.89 Å². The molecule has 2 fully saturated rings. The molecule has 0 saturated carbocycles. The lowest BCUT2D eigenvalue weighted by atomic mass is 10.1. The quantitative estimate of drug-likeness (QED) is 0.577. The van der Waals surface area contributed by atoms with Gasteiger partial charge in [-0.2, -0.15) is 9.29 Å². The van der Waals surface area contributed by atoms with Crippen molar-refractivity contribution in [3.8, 4) is 0 Å². The van der Waals surface area contributed by atoms with Crippen LogP contribution in [0.25, 0.3) is 0 Å². The molecule has 0 spiro atoms. The van der Waals surface area contributed by atoms with Crippen molar-refractivity contribution in [1.29, 1.82) is 0 Å². The van der Waals surface area contributed by atoms with E-state index in [0.717, 1.165) is 45.2 Å². The summed E-state index contributed by atoms with van der Waals surface area (Å²) in [5.41, 5.74) is 0.937. The number of hydrogen-bond acceptors (Lipinski definition) is 8. The van der Waals surface area contributed by atoms with Crippen LogP contribution < -0.4 is 4.90 Å². The number of hydrogen-bond donors (Lipinski definition) is 0. The highest BCUT2D eigenvalue weighted by Crippen LogP contribution is 2.30. The number of piperidine rings is 1. The Labute approximate surface area is 188 Å². The van der Waals surface area contributed by atoms with Crippen molar-refractivity contribution >= 4 is 21.7 Å².